The molecule has 40 heavy (non-hydrogen) atoms. The third kappa shape index (κ3) is 6.60. The number of amides is 2. The predicted molar refractivity (Wildman–Crippen MR) is 147 cm³/mol. The van der Waals surface area contributed by atoms with Crippen LogP contribution in [0.3, 0.4) is 0 Å². The quantitative estimate of drug-likeness (QED) is 0.216. The Labute approximate surface area is 235 Å². The van der Waals surface area contributed by atoms with E-state index in [0.717, 1.165) is 4.80 Å². The molecule has 1 atom stereocenters. The summed E-state index contributed by atoms with van der Waals surface area (Å²) < 4.78 is 28.4. The molecule has 2 heterocycles. The Morgan fingerprint density at radius 3 is 2.42 bits per heavy atom. The Kier molecular flexibility index (Phi) is 7.91. The van der Waals surface area contributed by atoms with Crippen molar-refractivity contribution in [3.05, 3.63) is 75.8 Å². The number of nitrogens with one attached hydrogen (secondary N) is 2. The first-order valence-electron chi connectivity index (χ1n) is 11.9. The molecule has 0 bridgehead atoms. The van der Waals surface area contributed by atoms with E-state index in [1.165, 1.54) is 32.1 Å². The van der Waals surface area contributed by atoms with Gasteiger partial charge in [-0.15, -0.1) is 10.2 Å². The van der Waals surface area contributed by atoms with E-state index in [9.17, 15) is 23.5 Å². The summed E-state index contributed by atoms with van der Waals surface area (Å²) in [5.74, 6) is -2.08. The number of aryl methyl sites for hydroxylation is 1. The van der Waals surface area contributed by atoms with Crippen LogP contribution in [0.15, 0.2) is 42.5 Å². The van der Waals surface area contributed by atoms with Gasteiger partial charge in [0.1, 0.15) is 18.0 Å². The number of hydrogen-bond acceptors (Lipinski definition) is 7. The number of para-hydroxylation sites is 1. The first-order valence-corrected chi connectivity index (χ1v) is 12.8. The number of phenols is 1. The lowest BCUT2D eigenvalue weighted by molar-refractivity contribution is 0.0915. The topological polar surface area (TPSA) is 140 Å². The molecule has 0 aliphatic rings. The van der Waals surface area contributed by atoms with Crippen LogP contribution in [0.2, 0.25) is 5.02 Å². The standard InChI is InChI=1S/C25H26ClF2N8O3P/c1-13-9-15(37)11-16(21(38)30-24(2,3)4)20(13)29-22(39)19-10-14(12-35-33-23(31-34-35)25(27,28)40)32-36(19)18-8-6-5-7-17(18)26/h5-11,37H,12,40H2,1-4H3,(H,29,39)(H,30,38). The first-order chi connectivity index (χ1) is 18.6. The van der Waals surface area contributed by atoms with E-state index >= 15 is 0 Å². The minimum absolute atomic E-state index is 0.0227. The smallest absolute Gasteiger partial charge is 0.320 e. The molecule has 0 radical (unpaired) electrons. The fourth-order valence-corrected chi connectivity index (χ4v) is 4.09. The van der Waals surface area contributed by atoms with Gasteiger partial charge in [-0.1, -0.05) is 33.0 Å². The molecule has 0 aliphatic carbocycles. The molecular weight excluding hydrogens is 565 g/mol. The maximum atomic E-state index is 13.7. The van der Waals surface area contributed by atoms with Crippen molar-refractivity contribution in [2.45, 2.75) is 45.4 Å². The van der Waals surface area contributed by atoms with Gasteiger partial charge in [-0.3, -0.25) is 9.59 Å². The number of nitrogens with zero attached hydrogens (tertiary/aromatic N) is 6. The van der Waals surface area contributed by atoms with Crippen molar-refractivity contribution in [3.8, 4) is 11.4 Å². The highest BCUT2D eigenvalue weighted by molar-refractivity contribution is 7.17. The van der Waals surface area contributed by atoms with Gasteiger partial charge in [0, 0.05) is 5.54 Å². The van der Waals surface area contributed by atoms with Crippen molar-refractivity contribution < 1.29 is 23.5 Å². The van der Waals surface area contributed by atoms with E-state index in [0.29, 0.717) is 16.3 Å². The number of phenolic OH excluding ortho intramolecular Hbond substituents is 1. The number of benzene rings is 2. The average molecular weight is 591 g/mol. The SMILES string of the molecule is Cc1cc(O)cc(C(=O)NC(C)(C)C)c1NC(=O)c1cc(Cn2nnc(C(F)(F)P)n2)nn1-c1ccccc1Cl. The molecule has 210 valence electrons. The Morgan fingerprint density at radius 1 is 1.10 bits per heavy atom. The number of aromatic hydroxyl groups is 1. The van der Waals surface area contributed by atoms with Gasteiger partial charge in [-0.2, -0.15) is 18.7 Å². The molecule has 2 amide bonds. The summed E-state index contributed by atoms with van der Waals surface area (Å²) in [5.41, 5.74) is -2.62. The summed E-state index contributed by atoms with van der Waals surface area (Å²) in [7, 11) is 1.34. The lowest BCUT2D eigenvalue weighted by Gasteiger charge is -2.22. The normalized spacial score (nSPS) is 11.9. The molecule has 4 rings (SSSR count). The van der Waals surface area contributed by atoms with E-state index in [4.69, 9.17) is 11.6 Å². The second-order valence-electron chi connectivity index (χ2n) is 9.99. The van der Waals surface area contributed by atoms with Gasteiger partial charge in [0.15, 0.2) is 0 Å². The second-order valence-corrected chi connectivity index (χ2v) is 11.1. The molecule has 15 heteroatoms. The van der Waals surface area contributed by atoms with Gasteiger partial charge in [-0.05, 0) is 68.8 Å². The molecule has 3 N–H and O–H groups in total. The van der Waals surface area contributed by atoms with Crippen molar-refractivity contribution >= 4 is 38.3 Å². The fraction of sp³-hybridized carbons (Fsp3) is 0.280. The largest absolute Gasteiger partial charge is 0.508 e. The number of aromatic nitrogens is 6. The monoisotopic (exact) mass is 590 g/mol. The Morgan fingerprint density at radius 2 is 1.80 bits per heavy atom. The lowest BCUT2D eigenvalue weighted by Crippen LogP contribution is -2.41. The number of carbonyl (C=O) groups excluding carboxylic acids is 2. The van der Waals surface area contributed by atoms with Crippen LogP contribution in [-0.4, -0.2) is 52.4 Å². The van der Waals surface area contributed by atoms with Crippen LogP contribution in [0.1, 0.15) is 58.7 Å². The molecular formula is C25H26ClF2N8O3P. The molecule has 2 aromatic heterocycles. The van der Waals surface area contributed by atoms with Gasteiger partial charge in [0.05, 0.1) is 27.7 Å². The molecule has 0 saturated carbocycles. The number of alkyl halides is 2. The Bertz CT molecular complexity index is 1590. The molecule has 2 aromatic carbocycles. The first kappa shape index (κ1) is 29.0. The minimum Gasteiger partial charge on any atom is -0.508 e. The minimum atomic E-state index is -3.36. The maximum Gasteiger partial charge on any atom is 0.320 e. The van der Waals surface area contributed by atoms with Gasteiger partial charge in [-0.25, -0.2) is 4.68 Å². The number of anilines is 1. The molecule has 11 nitrogen and oxygen atoms in total. The Balaban J connectivity index is 1.74. The zero-order valence-electron chi connectivity index (χ0n) is 21.9. The highest BCUT2D eigenvalue weighted by Crippen LogP contribution is 2.32. The second kappa shape index (κ2) is 10.9. The number of tetrazole rings is 1. The number of carbonyl (C=O) groups is 2. The van der Waals surface area contributed by atoms with E-state index in [-0.39, 0.29) is 34.9 Å². The third-order valence-electron chi connectivity index (χ3n) is 5.42. The van der Waals surface area contributed by atoms with Crippen LogP contribution in [0.5, 0.6) is 5.75 Å². The molecule has 0 aliphatic heterocycles. The Hall–Kier alpha value is -3.96. The summed E-state index contributed by atoms with van der Waals surface area (Å²) in [6, 6.07) is 10.8. The van der Waals surface area contributed by atoms with Crippen LogP contribution in [0.4, 0.5) is 14.5 Å². The van der Waals surface area contributed by atoms with Crippen molar-refractivity contribution in [3.63, 3.8) is 0 Å². The van der Waals surface area contributed by atoms with Crippen molar-refractivity contribution in [2.24, 2.45) is 0 Å². The zero-order valence-corrected chi connectivity index (χ0v) is 23.8. The van der Waals surface area contributed by atoms with Crippen LogP contribution >= 0.6 is 20.8 Å². The van der Waals surface area contributed by atoms with Crippen LogP contribution in [-0.2, 0) is 12.2 Å². The van der Waals surface area contributed by atoms with Crippen molar-refractivity contribution in [2.75, 3.05) is 5.32 Å². The van der Waals surface area contributed by atoms with Gasteiger partial charge in [0.25, 0.3) is 11.8 Å². The van der Waals surface area contributed by atoms with Gasteiger partial charge < -0.3 is 15.7 Å². The molecule has 0 fully saturated rings. The maximum absolute atomic E-state index is 13.7. The fourth-order valence-electron chi connectivity index (χ4n) is 3.76. The van der Waals surface area contributed by atoms with Gasteiger partial charge >= 0.3 is 5.66 Å². The summed E-state index contributed by atoms with van der Waals surface area (Å²) in [6.07, 6.45) is 0. The van der Waals surface area contributed by atoms with Crippen LogP contribution in [0, 0.1) is 6.92 Å². The van der Waals surface area contributed by atoms with E-state index < -0.39 is 28.8 Å². The highest BCUT2D eigenvalue weighted by atomic mass is 35.5. The lowest BCUT2D eigenvalue weighted by atomic mass is 10.0. The number of rotatable bonds is 7. The molecule has 0 spiro atoms. The third-order valence-corrected chi connectivity index (χ3v) is 6.00. The van der Waals surface area contributed by atoms with E-state index in [1.807, 2.05) is 0 Å². The number of halogens is 3. The molecule has 0 saturated heterocycles. The average Bonchev–Trinajstić information content (AvgIpc) is 3.47. The highest BCUT2D eigenvalue weighted by Gasteiger charge is 2.31. The summed E-state index contributed by atoms with van der Waals surface area (Å²) in [4.78, 5) is 27.6. The summed E-state index contributed by atoms with van der Waals surface area (Å²) in [6.45, 7) is 6.86. The summed E-state index contributed by atoms with van der Waals surface area (Å²) in [5, 5.41) is 31.1. The predicted octanol–water partition coefficient (Wildman–Crippen LogP) is 4.28. The van der Waals surface area contributed by atoms with Crippen LogP contribution < -0.4 is 10.6 Å². The van der Waals surface area contributed by atoms with Crippen LogP contribution in [0.25, 0.3) is 5.69 Å². The van der Waals surface area contributed by atoms with Gasteiger partial charge in [0.2, 0.25) is 5.82 Å². The van der Waals surface area contributed by atoms with E-state index in [2.05, 4.69) is 31.1 Å². The number of hydrogen-bond donors (Lipinski definition) is 3. The molecule has 1 unspecified atom stereocenters. The van der Waals surface area contributed by atoms with E-state index in [1.54, 1.807) is 52.0 Å². The summed E-state index contributed by atoms with van der Waals surface area (Å²) >= 11 is 6.39. The molecule has 4 aromatic rings. The van der Waals surface area contributed by atoms with Crippen molar-refractivity contribution in [1.82, 2.24) is 35.3 Å². The van der Waals surface area contributed by atoms with Crippen molar-refractivity contribution in [1.29, 1.82) is 0 Å². The zero-order chi connectivity index (χ0) is 29.4.